The van der Waals surface area contributed by atoms with Crippen molar-refractivity contribution in [1.82, 2.24) is 5.32 Å². The SMILES string of the molecule is C[C@@H]1CN(c2ccc(S(N)(=O)=O)cc2[N+](=O)[O-])CCN1. The molecular formula is C11H16N4O4S. The molecule has 1 aromatic rings. The van der Waals surface area contributed by atoms with Gasteiger partial charge in [0.1, 0.15) is 5.69 Å². The number of piperazine rings is 1. The van der Waals surface area contributed by atoms with Gasteiger partial charge >= 0.3 is 0 Å². The minimum Gasteiger partial charge on any atom is -0.363 e. The normalized spacial score (nSPS) is 19.9. The Bertz CT molecular complexity index is 631. The van der Waals surface area contributed by atoms with Gasteiger partial charge in [0.25, 0.3) is 5.69 Å². The number of rotatable bonds is 3. The van der Waals surface area contributed by atoms with Gasteiger partial charge < -0.3 is 10.2 Å². The van der Waals surface area contributed by atoms with Crippen LogP contribution in [-0.4, -0.2) is 39.0 Å². The molecule has 20 heavy (non-hydrogen) atoms. The van der Waals surface area contributed by atoms with Gasteiger partial charge in [0, 0.05) is 31.7 Å². The van der Waals surface area contributed by atoms with Crippen LogP contribution in [0.25, 0.3) is 0 Å². The maximum absolute atomic E-state index is 11.3. The summed E-state index contributed by atoms with van der Waals surface area (Å²) in [7, 11) is -3.95. The predicted octanol–water partition coefficient (Wildman–Crippen LogP) is 0.0403. The molecule has 0 aromatic heterocycles. The Labute approximate surface area is 116 Å². The van der Waals surface area contributed by atoms with Crippen molar-refractivity contribution in [2.24, 2.45) is 5.14 Å². The Morgan fingerprint density at radius 3 is 2.75 bits per heavy atom. The number of anilines is 1. The van der Waals surface area contributed by atoms with Crippen molar-refractivity contribution in [3.63, 3.8) is 0 Å². The molecule has 0 amide bonds. The van der Waals surface area contributed by atoms with E-state index in [9.17, 15) is 18.5 Å². The fourth-order valence-electron chi connectivity index (χ4n) is 2.24. The minimum absolute atomic E-state index is 0.210. The Morgan fingerprint density at radius 2 is 2.20 bits per heavy atom. The fraction of sp³-hybridized carbons (Fsp3) is 0.455. The van der Waals surface area contributed by atoms with Crippen molar-refractivity contribution in [1.29, 1.82) is 0 Å². The maximum Gasteiger partial charge on any atom is 0.293 e. The number of hydrogen-bond donors (Lipinski definition) is 2. The molecule has 9 heteroatoms. The van der Waals surface area contributed by atoms with Gasteiger partial charge in [-0.3, -0.25) is 10.1 Å². The average molecular weight is 300 g/mol. The fourth-order valence-corrected chi connectivity index (χ4v) is 2.78. The number of nitrogens with two attached hydrogens (primary N) is 1. The van der Waals surface area contributed by atoms with Gasteiger partial charge in [-0.15, -0.1) is 0 Å². The first-order chi connectivity index (χ1) is 9.29. The van der Waals surface area contributed by atoms with E-state index < -0.39 is 14.9 Å². The molecule has 0 aliphatic carbocycles. The first kappa shape index (κ1) is 14.7. The zero-order chi connectivity index (χ0) is 14.9. The molecule has 1 fully saturated rings. The largest absolute Gasteiger partial charge is 0.363 e. The van der Waals surface area contributed by atoms with Gasteiger partial charge in [0.05, 0.1) is 9.82 Å². The molecule has 2 rings (SSSR count). The van der Waals surface area contributed by atoms with Crippen LogP contribution >= 0.6 is 0 Å². The molecule has 0 bridgehead atoms. The molecule has 0 spiro atoms. The Morgan fingerprint density at radius 1 is 1.50 bits per heavy atom. The lowest BCUT2D eigenvalue weighted by Crippen LogP contribution is -2.49. The summed E-state index contributed by atoms with van der Waals surface area (Å²) in [5, 5.41) is 19.4. The van der Waals surface area contributed by atoms with Crippen LogP contribution in [0.1, 0.15) is 6.92 Å². The average Bonchev–Trinajstić information content (AvgIpc) is 2.37. The van der Waals surface area contributed by atoms with E-state index in [1.165, 1.54) is 12.1 Å². The van der Waals surface area contributed by atoms with Crippen LogP contribution in [0.5, 0.6) is 0 Å². The summed E-state index contributed by atoms with van der Waals surface area (Å²) >= 11 is 0. The Hall–Kier alpha value is -1.71. The highest BCUT2D eigenvalue weighted by atomic mass is 32.2. The Kier molecular flexibility index (Phi) is 3.93. The number of hydrogen-bond acceptors (Lipinski definition) is 6. The molecule has 1 aromatic carbocycles. The molecule has 1 heterocycles. The third-order valence-corrected chi connectivity index (χ3v) is 4.09. The topological polar surface area (TPSA) is 119 Å². The zero-order valence-corrected chi connectivity index (χ0v) is 11.8. The summed E-state index contributed by atoms with van der Waals surface area (Å²) in [5.41, 5.74) is 0.168. The lowest BCUT2D eigenvalue weighted by molar-refractivity contribution is -0.384. The van der Waals surface area contributed by atoms with E-state index in [4.69, 9.17) is 5.14 Å². The van der Waals surface area contributed by atoms with Crippen molar-refractivity contribution in [2.75, 3.05) is 24.5 Å². The summed E-state index contributed by atoms with van der Waals surface area (Å²) in [6.07, 6.45) is 0. The van der Waals surface area contributed by atoms with Crippen molar-refractivity contribution >= 4 is 21.4 Å². The van der Waals surface area contributed by atoms with Gasteiger partial charge in [0.2, 0.25) is 10.0 Å². The molecule has 0 unspecified atom stereocenters. The van der Waals surface area contributed by atoms with E-state index in [-0.39, 0.29) is 16.6 Å². The van der Waals surface area contributed by atoms with E-state index >= 15 is 0 Å². The highest BCUT2D eigenvalue weighted by molar-refractivity contribution is 7.89. The number of nitrogens with zero attached hydrogens (tertiary/aromatic N) is 2. The monoisotopic (exact) mass is 300 g/mol. The van der Waals surface area contributed by atoms with E-state index in [0.717, 1.165) is 12.6 Å². The predicted molar refractivity (Wildman–Crippen MR) is 74.1 cm³/mol. The van der Waals surface area contributed by atoms with Crippen LogP contribution in [0, 0.1) is 10.1 Å². The third-order valence-electron chi connectivity index (χ3n) is 3.18. The summed E-state index contributed by atoms with van der Waals surface area (Å²) in [4.78, 5) is 12.2. The first-order valence-electron chi connectivity index (χ1n) is 6.08. The molecule has 3 N–H and O–H groups in total. The Balaban J connectivity index is 2.45. The highest BCUT2D eigenvalue weighted by Crippen LogP contribution is 2.31. The molecule has 1 saturated heterocycles. The van der Waals surface area contributed by atoms with Gasteiger partial charge in [-0.2, -0.15) is 0 Å². The van der Waals surface area contributed by atoms with Crippen molar-refractivity contribution in [3.05, 3.63) is 28.3 Å². The summed E-state index contributed by atoms with van der Waals surface area (Å²) in [5.74, 6) is 0. The summed E-state index contributed by atoms with van der Waals surface area (Å²) in [6.45, 7) is 3.95. The molecule has 0 saturated carbocycles. The van der Waals surface area contributed by atoms with E-state index in [1.54, 1.807) is 0 Å². The van der Waals surface area contributed by atoms with Gasteiger partial charge in [-0.05, 0) is 19.1 Å². The van der Waals surface area contributed by atoms with Crippen molar-refractivity contribution in [3.8, 4) is 0 Å². The quantitative estimate of drug-likeness (QED) is 0.601. The molecule has 1 atom stereocenters. The van der Waals surface area contributed by atoms with E-state index in [1.807, 2.05) is 11.8 Å². The number of primary sulfonamides is 1. The number of nitro groups is 1. The summed E-state index contributed by atoms with van der Waals surface area (Å²) < 4.78 is 22.6. The standard InChI is InChI=1S/C11H16N4O4S/c1-8-7-14(5-4-13-8)10-3-2-9(20(12,18)19)6-11(10)15(16)17/h2-3,6,8,13H,4-5,7H2,1H3,(H2,12,18,19)/t8-/m1/s1. The lowest BCUT2D eigenvalue weighted by atomic mass is 10.2. The second kappa shape index (κ2) is 5.35. The van der Waals surface area contributed by atoms with E-state index in [2.05, 4.69) is 5.32 Å². The van der Waals surface area contributed by atoms with Crippen molar-refractivity contribution in [2.45, 2.75) is 17.9 Å². The second-order valence-corrected chi connectivity index (χ2v) is 6.32. The van der Waals surface area contributed by atoms with Crippen LogP contribution in [0.2, 0.25) is 0 Å². The minimum atomic E-state index is -3.95. The first-order valence-corrected chi connectivity index (χ1v) is 7.63. The number of sulfonamides is 1. The zero-order valence-electron chi connectivity index (χ0n) is 10.9. The highest BCUT2D eigenvalue weighted by Gasteiger charge is 2.25. The van der Waals surface area contributed by atoms with Gasteiger partial charge in [-0.1, -0.05) is 0 Å². The van der Waals surface area contributed by atoms with Crippen LogP contribution in [0.3, 0.4) is 0 Å². The molecule has 1 aliphatic rings. The summed E-state index contributed by atoms with van der Waals surface area (Å²) in [6, 6.07) is 3.96. The smallest absolute Gasteiger partial charge is 0.293 e. The van der Waals surface area contributed by atoms with Gasteiger partial charge in [-0.25, -0.2) is 13.6 Å². The lowest BCUT2D eigenvalue weighted by Gasteiger charge is -2.33. The number of benzene rings is 1. The molecule has 8 nitrogen and oxygen atoms in total. The third kappa shape index (κ3) is 3.06. The number of nitro benzene ring substituents is 1. The van der Waals surface area contributed by atoms with Crippen LogP contribution in [0.4, 0.5) is 11.4 Å². The van der Waals surface area contributed by atoms with E-state index in [0.29, 0.717) is 18.8 Å². The molecule has 1 aliphatic heterocycles. The van der Waals surface area contributed by atoms with Crippen LogP contribution in [0.15, 0.2) is 23.1 Å². The molecular weight excluding hydrogens is 284 g/mol. The maximum atomic E-state index is 11.3. The molecule has 0 radical (unpaired) electrons. The van der Waals surface area contributed by atoms with Crippen LogP contribution in [-0.2, 0) is 10.0 Å². The number of nitrogens with one attached hydrogen (secondary N) is 1. The molecule has 110 valence electrons. The van der Waals surface area contributed by atoms with Gasteiger partial charge in [0.15, 0.2) is 0 Å². The van der Waals surface area contributed by atoms with Crippen molar-refractivity contribution < 1.29 is 13.3 Å². The van der Waals surface area contributed by atoms with Crippen LogP contribution < -0.4 is 15.4 Å². The second-order valence-electron chi connectivity index (χ2n) is 4.75.